The Morgan fingerprint density at radius 2 is 1.92 bits per heavy atom. The molecule has 1 saturated heterocycles. The normalized spacial score (nSPS) is 14.8. The molecule has 5 nitrogen and oxygen atoms in total. The molecule has 0 bridgehead atoms. The molecule has 2 aromatic rings. The van der Waals surface area contributed by atoms with Gasteiger partial charge in [0.2, 0.25) is 0 Å². The fourth-order valence-corrected chi connectivity index (χ4v) is 2.97. The molecule has 26 heavy (non-hydrogen) atoms. The molecular formula is C19H20Cl2N2O3. The van der Waals surface area contributed by atoms with Gasteiger partial charge in [0.15, 0.2) is 6.61 Å². The van der Waals surface area contributed by atoms with E-state index in [1.54, 1.807) is 18.2 Å². The first-order chi connectivity index (χ1) is 12.6. The molecule has 1 fully saturated rings. The van der Waals surface area contributed by atoms with Crippen LogP contribution in [0.5, 0.6) is 5.75 Å². The molecule has 0 spiro atoms. The molecule has 1 aliphatic heterocycles. The van der Waals surface area contributed by atoms with Crippen molar-refractivity contribution in [3.63, 3.8) is 0 Å². The van der Waals surface area contributed by atoms with Crippen LogP contribution in [0, 0.1) is 0 Å². The quantitative estimate of drug-likeness (QED) is 0.808. The molecule has 3 rings (SSSR count). The molecule has 0 aliphatic carbocycles. The smallest absolute Gasteiger partial charge is 0.262 e. The Morgan fingerprint density at radius 3 is 2.69 bits per heavy atom. The number of hydrogen-bond donors (Lipinski definition) is 1. The van der Waals surface area contributed by atoms with Crippen LogP contribution in [-0.4, -0.2) is 43.7 Å². The molecule has 0 unspecified atom stereocenters. The molecule has 0 atom stereocenters. The summed E-state index contributed by atoms with van der Waals surface area (Å²) in [6.07, 6.45) is 0. The summed E-state index contributed by atoms with van der Waals surface area (Å²) in [7, 11) is 0. The van der Waals surface area contributed by atoms with Crippen LogP contribution in [0.25, 0.3) is 0 Å². The molecular weight excluding hydrogens is 375 g/mol. The van der Waals surface area contributed by atoms with Crippen LogP contribution in [-0.2, 0) is 16.1 Å². The van der Waals surface area contributed by atoms with Crippen molar-refractivity contribution in [3.8, 4) is 5.75 Å². The van der Waals surface area contributed by atoms with E-state index in [0.29, 0.717) is 15.8 Å². The van der Waals surface area contributed by atoms with Crippen LogP contribution in [0.3, 0.4) is 0 Å². The summed E-state index contributed by atoms with van der Waals surface area (Å²) in [6.45, 7) is 4.12. The zero-order valence-electron chi connectivity index (χ0n) is 14.2. The number of ether oxygens (including phenoxy) is 2. The van der Waals surface area contributed by atoms with Gasteiger partial charge >= 0.3 is 0 Å². The SMILES string of the molecule is O=C(COc1ccc(Cl)c(Cl)c1)Nc1cccc(CN2CCOCC2)c1. The fourth-order valence-electron chi connectivity index (χ4n) is 2.68. The van der Waals surface area contributed by atoms with Crippen molar-refractivity contribution in [1.29, 1.82) is 0 Å². The van der Waals surface area contributed by atoms with E-state index < -0.39 is 0 Å². The topological polar surface area (TPSA) is 50.8 Å². The first kappa shape index (κ1) is 19.0. The Balaban J connectivity index is 1.51. The monoisotopic (exact) mass is 394 g/mol. The summed E-state index contributed by atoms with van der Waals surface area (Å²) in [5, 5.41) is 3.68. The zero-order chi connectivity index (χ0) is 18.4. The van der Waals surface area contributed by atoms with E-state index in [2.05, 4.69) is 16.3 Å². The van der Waals surface area contributed by atoms with E-state index in [-0.39, 0.29) is 12.5 Å². The molecule has 0 radical (unpaired) electrons. The van der Waals surface area contributed by atoms with E-state index in [1.165, 1.54) is 0 Å². The van der Waals surface area contributed by atoms with Gasteiger partial charge in [0, 0.05) is 31.4 Å². The number of carbonyl (C=O) groups excluding carboxylic acids is 1. The Bertz CT molecular complexity index is 764. The highest BCUT2D eigenvalue weighted by Crippen LogP contribution is 2.26. The molecule has 2 aromatic carbocycles. The number of carbonyl (C=O) groups is 1. The van der Waals surface area contributed by atoms with E-state index >= 15 is 0 Å². The molecule has 7 heteroatoms. The third kappa shape index (κ3) is 5.61. The Labute approximate surface area is 162 Å². The van der Waals surface area contributed by atoms with Crippen molar-refractivity contribution in [2.45, 2.75) is 6.54 Å². The second-order valence-corrected chi connectivity index (χ2v) is 6.82. The molecule has 1 heterocycles. The maximum atomic E-state index is 12.1. The maximum absolute atomic E-state index is 12.1. The lowest BCUT2D eigenvalue weighted by molar-refractivity contribution is -0.118. The lowest BCUT2D eigenvalue weighted by Gasteiger charge is -2.26. The van der Waals surface area contributed by atoms with Gasteiger partial charge in [0.1, 0.15) is 5.75 Å². The predicted molar refractivity (Wildman–Crippen MR) is 103 cm³/mol. The highest BCUT2D eigenvalue weighted by molar-refractivity contribution is 6.42. The average Bonchev–Trinajstić information content (AvgIpc) is 2.64. The maximum Gasteiger partial charge on any atom is 0.262 e. The second kappa shape index (κ2) is 9.24. The molecule has 0 aromatic heterocycles. The summed E-state index contributed by atoms with van der Waals surface area (Å²) in [6, 6.07) is 12.7. The van der Waals surface area contributed by atoms with Crippen LogP contribution in [0.15, 0.2) is 42.5 Å². The second-order valence-electron chi connectivity index (χ2n) is 6.00. The van der Waals surface area contributed by atoms with E-state index in [4.69, 9.17) is 32.7 Å². The van der Waals surface area contributed by atoms with Crippen LogP contribution >= 0.6 is 23.2 Å². The number of morpholine rings is 1. The summed E-state index contributed by atoms with van der Waals surface area (Å²) < 4.78 is 10.8. The van der Waals surface area contributed by atoms with Gasteiger partial charge in [-0.2, -0.15) is 0 Å². The van der Waals surface area contributed by atoms with Crippen molar-refractivity contribution in [2.24, 2.45) is 0 Å². The number of amides is 1. The summed E-state index contributed by atoms with van der Waals surface area (Å²) in [5.74, 6) is 0.259. The van der Waals surface area contributed by atoms with E-state index in [9.17, 15) is 4.79 Å². The summed E-state index contributed by atoms with van der Waals surface area (Å²) in [4.78, 5) is 14.4. The molecule has 1 N–H and O–H groups in total. The minimum atomic E-state index is -0.236. The Morgan fingerprint density at radius 1 is 1.12 bits per heavy atom. The molecule has 0 saturated carbocycles. The van der Waals surface area contributed by atoms with Gasteiger partial charge in [-0.15, -0.1) is 0 Å². The van der Waals surface area contributed by atoms with Crippen LogP contribution in [0.4, 0.5) is 5.69 Å². The van der Waals surface area contributed by atoms with Crippen molar-refractivity contribution in [2.75, 3.05) is 38.2 Å². The summed E-state index contributed by atoms with van der Waals surface area (Å²) in [5.41, 5.74) is 1.90. The van der Waals surface area contributed by atoms with Crippen molar-refractivity contribution in [1.82, 2.24) is 4.90 Å². The van der Waals surface area contributed by atoms with Crippen molar-refractivity contribution < 1.29 is 14.3 Å². The van der Waals surface area contributed by atoms with Gasteiger partial charge in [-0.25, -0.2) is 0 Å². The third-order valence-corrected chi connectivity index (χ3v) is 4.72. The van der Waals surface area contributed by atoms with Gasteiger partial charge in [0.25, 0.3) is 5.91 Å². The Hall–Kier alpha value is -1.79. The number of benzene rings is 2. The van der Waals surface area contributed by atoms with E-state index in [0.717, 1.165) is 44.1 Å². The number of nitrogens with one attached hydrogen (secondary N) is 1. The number of nitrogens with zero attached hydrogens (tertiary/aromatic N) is 1. The molecule has 1 aliphatic rings. The molecule has 1 amide bonds. The van der Waals surface area contributed by atoms with Crippen LogP contribution in [0.2, 0.25) is 10.0 Å². The number of hydrogen-bond acceptors (Lipinski definition) is 4. The molecule has 138 valence electrons. The van der Waals surface area contributed by atoms with Gasteiger partial charge < -0.3 is 14.8 Å². The van der Waals surface area contributed by atoms with Gasteiger partial charge in [0.05, 0.1) is 23.3 Å². The minimum absolute atomic E-state index is 0.106. The van der Waals surface area contributed by atoms with Crippen LogP contribution < -0.4 is 10.1 Å². The lowest BCUT2D eigenvalue weighted by atomic mass is 10.2. The standard InChI is InChI=1S/C19H20Cl2N2O3/c20-17-5-4-16(11-18(17)21)26-13-19(24)22-15-3-1-2-14(10-15)12-23-6-8-25-9-7-23/h1-5,10-11H,6-9,12-13H2,(H,22,24). The van der Waals surface area contributed by atoms with Crippen molar-refractivity contribution in [3.05, 3.63) is 58.1 Å². The number of rotatable bonds is 6. The average molecular weight is 395 g/mol. The van der Waals surface area contributed by atoms with Crippen molar-refractivity contribution >= 4 is 34.8 Å². The highest BCUT2D eigenvalue weighted by Gasteiger charge is 2.11. The zero-order valence-corrected chi connectivity index (χ0v) is 15.7. The number of halogens is 2. The van der Waals surface area contributed by atoms with E-state index in [1.807, 2.05) is 18.2 Å². The first-order valence-electron chi connectivity index (χ1n) is 8.37. The highest BCUT2D eigenvalue weighted by atomic mass is 35.5. The largest absolute Gasteiger partial charge is 0.484 e. The van der Waals surface area contributed by atoms with Gasteiger partial charge in [-0.05, 0) is 29.8 Å². The van der Waals surface area contributed by atoms with Crippen LogP contribution in [0.1, 0.15) is 5.56 Å². The Kier molecular flexibility index (Phi) is 6.74. The van der Waals surface area contributed by atoms with Gasteiger partial charge in [-0.1, -0.05) is 35.3 Å². The predicted octanol–water partition coefficient (Wildman–Crippen LogP) is 3.84. The fraction of sp³-hybridized carbons (Fsp3) is 0.316. The third-order valence-electron chi connectivity index (χ3n) is 3.98. The first-order valence-corrected chi connectivity index (χ1v) is 9.12. The number of anilines is 1. The lowest BCUT2D eigenvalue weighted by Crippen LogP contribution is -2.35. The van der Waals surface area contributed by atoms with Gasteiger partial charge in [-0.3, -0.25) is 9.69 Å². The minimum Gasteiger partial charge on any atom is -0.484 e. The summed E-state index contributed by atoms with van der Waals surface area (Å²) >= 11 is 11.8.